The highest BCUT2D eigenvalue weighted by molar-refractivity contribution is 5.38. The first-order valence-electron chi connectivity index (χ1n) is 9.45. The summed E-state index contributed by atoms with van der Waals surface area (Å²) >= 11 is 0. The molecular formula is C21H30N2O5. The Morgan fingerprint density at radius 3 is 2.50 bits per heavy atom. The molecule has 154 valence electrons. The fourth-order valence-electron chi connectivity index (χ4n) is 2.74. The molecule has 28 heavy (non-hydrogen) atoms. The molecule has 4 N–H and O–H groups in total. The second-order valence-corrected chi connectivity index (χ2v) is 7.08. The highest BCUT2D eigenvalue weighted by Crippen LogP contribution is 2.17. The van der Waals surface area contributed by atoms with Crippen LogP contribution in [0.15, 0.2) is 29.1 Å². The Morgan fingerprint density at radius 1 is 1.14 bits per heavy atom. The number of ether oxygens (including phenoxy) is 2. The number of aliphatic hydroxyl groups is 1. The fraction of sp³-hybridized carbons (Fsp3) is 0.476. The van der Waals surface area contributed by atoms with Crippen molar-refractivity contribution >= 4 is 0 Å². The molecule has 0 aliphatic rings. The van der Waals surface area contributed by atoms with Gasteiger partial charge in [0.15, 0.2) is 11.5 Å². The van der Waals surface area contributed by atoms with Gasteiger partial charge in [0.05, 0.1) is 17.5 Å². The number of pyridine rings is 1. The number of rotatable bonds is 10. The third-order valence-electron chi connectivity index (χ3n) is 4.38. The lowest BCUT2D eigenvalue weighted by Crippen LogP contribution is -2.34. The van der Waals surface area contributed by atoms with Gasteiger partial charge in [0.1, 0.15) is 18.5 Å². The molecule has 2 aromatic rings. The van der Waals surface area contributed by atoms with Gasteiger partial charge in [-0.2, -0.15) is 0 Å². The predicted molar refractivity (Wildman–Crippen MR) is 108 cm³/mol. The molecule has 0 radical (unpaired) electrons. The van der Waals surface area contributed by atoms with E-state index in [0.29, 0.717) is 24.5 Å². The molecule has 0 saturated carbocycles. The van der Waals surface area contributed by atoms with Crippen molar-refractivity contribution in [3.8, 4) is 17.2 Å². The molecule has 0 spiro atoms. The lowest BCUT2D eigenvalue weighted by molar-refractivity contribution is 0.104. The van der Waals surface area contributed by atoms with Crippen LogP contribution in [0.2, 0.25) is 0 Å². The van der Waals surface area contributed by atoms with E-state index < -0.39 is 11.5 Å². The highest BCUT2D eigenvalue weighted by atomic mass is 16.5. The zero-order valence-corrected chi connectivity index (χ0v) is 16.9. The Labute approximate surface area is 165 Å². The number of aryl methyl sites for hydroxylation is 3. The second-order valence-electron chi connectivity index (χ2n) is 7.08. The van der Waals surface area contributed by atoms with Crippen LogP contribution in [0.4, 0.5) is 0 Å². The van der Waals surface area contributed by atoms with Crippen molar-refractivity contribution in [1.82, 2.24) is 10.3 Å². The van der Waals surface area contributed by atoms with Crippen LogP contribution in [0.25, 0.3) is 0 Å². The first-order chi connectivity index (χ1) is 13.3. The number of aromatic amines is 1. The van der Waals surface area contributed by atoms with Crippen LogP contribution in [0.5, 0.6) is 17.2 Å². The number of aromatic hydroxyl groups is 1. The summed E-state index contributed by atoms with van der Waals surface area (Å²) in [6.45, 7) is 8.28. The topological polar surface area (TPSA) is 104 Å². The quantitative estimate of drug-likeness (QED) is 0.464. The first kappa shape index (κ1) is 21.8. The average Bonchev–Trinajstić information content (AvgIpc) is 2.65. The SMILES string of the molecule is Cc1ccc(OC(C)CCNCC(O)COc2c(C)[nH]c(C)c(O)c2=O)cc1. The maximum atomic E-state index is 12.0. The molecule has 7 nitrogen and oxygen atoms in total. The monoisotopic (exact) mass is 390 g/mol. The minimum atomic E-state index is -0.782. The van der Waals surface area contributed by atoms with Crippen LogP contribution >= 0.6 is 0 Å². The highest BCUT2D eigenvalue weighted by Gasteiger charge is 2.15. The zero-order valence-electron chi connectivity index (χ0n) is 16.9. The van der Waals surface area contributed by atoms with E-state index in [1.54, 1.807) is 13.8 Å². The van der Waals surface area contributed by atoms with Gasteiger partial charge in [-0.1, -0.05) is 17.7 Å². The second kappa shape index (κ2) is 10.1. The van der Waals surface area contributed by atoms with Gasteiger partial charge in [-0.05, 0) is 52.8 Å². The van der Waals surface area contributed by atoms with Crippen LogP contribution < -0.4 is 20.2 Å². The van der Waals surface area contributed by atoms with E-state index in [0.717, 1.165) is 12.2 Å². The Morgan fingerprint density at radius 2 is 1.82 bits per heavy atom. The van der Waals surface area contributed by atoms with Gasteiger partial charge in [0, 0.05) is 6.54 Å². The predicted octanol–water partition coefficient (Wildman–Crippen LogP) is 2.19. The molecule has 0 aliphatic carbocycles. The van der Waals surface area contributed by atoms with E-state index in [9.17, 15) is 15.0 Å². The molecule has 0 saturated heterocycles. The number of nitrogens with one attached hydrogen (secondary N) is 2. The van der Waals surface area contributed by atoms with E-state index in [-0.39, 0.29) is 24.2 Å². The molecule has 1 heterocycles. The summed E-state index contributed by atoms with van der Waals surface area (Å²) in [6, 6.07) is 7.92. The van der Waals surface area contributed by atoms with Crippen molar-refractivity contribution in [2.75, 3.05) is 19.7 Å². The van der Waals surface area contributed by atoms with Crippen molar-refractivity contribution in [3.63, 3.8) is 0 Å². The van der Waals surface area contributed by atoms with E-state index in [1.807, 2.05) is 38.1 Å². The summed E-state index contributed by atoms with van der Waals surface area (Å²) in [5.41, 5.74) is 1.52. The standard InChI is InChI=1S/C21H30N2O5/c1-13-5-7-18(8-6-13)28-14(2)9-10-22-11-17(24)12-27-21-16(4)23-15(3)19(25)20(21)26/h5-8,14,17,22,24-25H,9-12H2,1-4H3,(H,23,26). The maximum absolute atomic E-state index is 12.0. The number of aliphatic hydroxyl groups excluding tert-OH is 1. The molecule has 2 unspecified atom stereocenters. The summed E-state index contributed by atoms with van der Waals surface area (Å²) < 4.78 is 11.3. The lowest BCUT2D eigenvalue weighted by Gasteiger charge is -2.17. The van der Waals surface area contributed by atoms with Gasteiger partial charge in [-0.15, -0.1) is 0 Å². The van der Waals surface area contributed by atoms with E-state index in [1.165, 1.54) is 5.56 Å². The fourth-order valence-corrected chi connectivity index (χ4v) is 2.74. The summed E-state index contributed by atoms with van der Waals surface area (Å²) in [7, 11) is 0. The van der Waals surface area contributed by atoms with Crippen LogP contribution in [0.1, 0.15) is 30.3 Å². The van der Waals surface area contributed by atoms with Gasteiger partial charge in [-0.3, -0.25) is 4.79 Å². The third kappa shape index (κ3) is 6.28. The number of aromatic nitrogens is 1. The van der Waals surface area contributed by atoms with Crippen molar-refractivity contribution < 1.29 is 19.7 Å². The van der Waals surface area contributed by atoms with E-state index in [4.69, 9.17) is 9.47 Å². The first-order valence-corrected chi connectivity index (χ1v) is 9.45. The van der Waals surface area contributed by atoms with Crippen molar-refractivity contribution in [3.05, 3.63) is 51.4 Å². The average molecular weight is 390 g/mol. The van der Waals surface area contributed by atoms with Crippen LogP contribution in [0, 0.1) is 20.8 Å². The molecule has 0 bridgehead atoms. The van der Waals surface area contributed by atoms with Gasteiger partial charge in [0.2, 0.25) is 0 Å². The van der Waals surface area contributed by atoms with Crippen LogP contribution in [-0.4, -0.2) is 47.1 Å². The minimum absolute atomic E-state index is 0.0299. The molecule has 2 rings (SSSR count). The molecule has 1 aromatic carbocycles. The van der Waals surface area contributed by atoms with Crippen LogP contribution in [-0.2, 0) is 0 Å². The molecule has 2 atom stereocenters. The number of hydrogen-bond donors (Lipinski definition) is 4. The van der Waals surface area contributed by atoms with Gasteiger partial charge < -0.3 is 30.0 Å². The molecule has 7 heteroatoms. The number of H-pyrrole nitrogens is 1. The van der Waals surface area contributed by atoms with Crippen molar-refractivity contribution in [1.29, 1.82) is 0 Å². The summed E-state index contributed by atoms with van der Waals surface area (Å²) in [4.78, 5) is 14.9. The lowest BCUT2D eigenvalue weighted by atomic mass is 10.2. The summed E-state index contributed by atoms with van der Waals surface area (Å²) in [5, 5.41) is 22.9. The number of hydrogen-bond acceptors (Lipinski definition) is 6. The van der Waals surface area contributed by atoms with E-state index >= 15 is 0 Å². The molecule has 0 amide bonds. The Kier molecular flexibility index (Phi) is 7.90. The largest absolute Gasteiger partial charge is 0.503 e. The summed E-state index contributed by atoms with van der Waals surface area (Å²) in [5.74, 6) is 0.506. The Hall–Kier alpha value is -2.51. The van der Waals surface area contributed by atoms with Crippen molar-refractivity contribution in [2.45, 2.75) is 46.3 Å². The maximum Gasteiger partial charge on any atom is 0.265 e. The zero-order chi connectivity index (χ0) is 20.7. The molecule has 0 aliphatic heterocycles. The third-order valence-corrected chi connectivity index (χ3v) is 4.38. The van der Waals surface area contributed by atoms with Crippen molar-refractivity contribution in [2.24, 2.45) is 0 Å². The molecule has 1 aromatic heterocycles. The molecular weight excluding hydrogens is 360 g/mol. The number of benzene rings is 1. The van der Waals surface area contributed by atoms with Gasteiger partial charge in [0.25, 0.3) is 5.43 Å². The normalized spacial score (nSPS) is 13.2. The molecule has 0 fully saturated rings. The van der Waals surface area contributed by atoms with Gasteiger partial charge >= 0.3 is 0 Å². The van der Waals surface area contributed by atoms with Gasteiger partial charge in [-0.25, -0.2) is 0 Å². The Bertz CT molecular complexity index is 817. The summed E-state index contributed by atoms with van der Waals surface area (Å²) in [6.07, 6.45) is 0.0439. The Balaban J connectivity index is 1.69. The van der Waals surface area contributed by atoms with E-state index in [2.05, 4.69) is 10.3 Å². The minimum Gasteiger partial charge on any atom is -0.503 e. The van der Waals surface area contributed by atoms with Crippen LogP contribution in [0.3, 0.4) is 0 Å². The smallest absolute Gasteiger partial charge is 0.265 e.